The Labute approximate surface area is 107 Å². The van der Waals surface area contributed by atoms with Gasteiger partial charge in [-0.25, -0.2) is 4.39 Å². The summed E-state index contributed by atoms with van der Waals surface area (Å²) >= 11 is 0. The number of hydrogen-bond acceptors (Lipinski definition) is 2. The molecule has 1 aromatic heterocycles. The highest BCUT2D eigenvalue weighted by Gasteiger charge is 2.01. The number of likely N-dealkylation sites (N-methyl/N-ethyl adjacent to an activating group) is 1. The first kappa shape index (κ1) is 13.1. The van der Waals surface area contributed by atoms with Gasteiger partial charge in [0.25, 0.3) is 0 Å². The summed E-state index contributed by atoms with van der Waals surface area (Å²) in [4.78, 5) is 2.15. The predicted molar refractivity (Wildman–Crippen MR) is 73.3 cm³/mol. The first-order valence-electron chi connectivity index (χ1n) is 6.26. The topological polar surface area (TPSA) is 20.2 Å². The Bertz CT molecular complexity index is 505. The molecular weight excluding hydrogens is 229 g/mol. The molecule has 0 saturated heterocycles. The predicted octanol–water partition coefficient (Wildman–Crippen LogP) is 1.93. The molecule has 0 fully saturated rings. The molecule has 0 bridgehead atoms. The van der Waals surface area contributed by atoms with Crippen molar-refractivity contribution in [2.75, 3.05) is 33.7 Å². The Kier molecular flexibility index (Phi) is 4.33. The van der Waals surface area contributed by atoms with Crippen molar-refractivity contribution in [3.8, 4) is 0 Å². The number of nitrogens with zero attached hydrogens (tertiary/aromatic N) is 2. The number of halogens is 1. The average molecular weight is 249 g/mol. The van der Waals surface area contributed by atoms with Crippen molar-refractivity contribution in [2.24, 2.45) is 0 Å². The van der Waals surface area contributed by atoms with Crippen molar-refractivity contribution in [3.05, 3.63) is 36.3 Å². The van der Waals surface area contributed by atoms with Crippen molar-refractivity contribution >= 4 is 10.9 Å². The second kappa shape index (κ2) is 5.98. The molecule has 0 atom stereocenters. The van der Waals surface area contributed by atoms with Crippen LogP contribution >= 0.6 is 0 Å². The summed E-state index contributed by atoms with van der Waals surface area (Å²) in [5.41, 5.74) is 1.09. The first-order chi connectivity index (χ1) is 8.66. The third-order valence-corrected chi connectivity index (χ3v) is 3.00. The summed E-state index contributed by atoms with van der Waals surface area (Å²) in [7, 11) is 4.13. The number of nitrogens with one attached hydrogen (secondary N) is 1. The molecule has 2 rings (SSSR count). The summed E-state index contributed by atoms with van der Waals surface area (Å²) in [6.07, 6.45) is 2.01. The van der Waals surface area contributed by atoms with Crippen molar-refractivity contribution in [1.82, 2.24) is 14.8 Å². The zero-order valence-electron chi connectivity index (χ0n) is 11.0. The van der Waals surface area contributed by atoms with Crippen molar-refractivity contribution in [3.63, 3.8) is 0 Å². The molecule has 0 amide bonds. The summed E-state index contributed by atoms with van der Waals surface area (Å²) in [5.74, 6) is -0.177. The van der Waals surface area contributed by atoms with Crippen molar-refractivity contribution in [2.45, 2.75) is 6.54 Å². The van der Waals surface area contributed by atoms with Gasteiger partial charge in [-0.1, -0.05) is 0 Å². The molecular formula is C14H20FN3. The molecule has 0 aliphatic heterocycles. The average Bonchev–Trinajstić information content (AvgIpc) is 2.70. The Morgan fingerprint density at radius 3 is 2.83 bits per heavy atom. The Balaban J connectivity index is 1.88. The standard InChI is InChI=1S/C14H20FN3/c1-17(2)9-6-16-7-10-18-8-5-12-11-13(15)3-4-14(12)18/h3-5,8,11,16H,6-7,9-10H2,1-2H3. The minimum atomic E-state index is -0.177. The van der Waals surface area contributed by atoms with Crippen LogP contribution < -0.4 is 5.32 Å². The quantitative estimate of drug-likeness (QED) is 0.789. The molecule has 1 aromatic carbocycles. The molecule has 98 valence electrons. The Morgan fingerprint density at radius 2 is 2.06 bits per heavy atom. The van der Waals surface area contributed by atoms with Gasteiger partial charge in [0.2, 0.25) is 0 Å². The molecule has 0 unspecified atom stereocenters. The molecule has 2 aromatic rings. The molecule has 0 aliphatic rings. The maximum absolute atomic E-state index is 13.0. The van der Waals surface area contributed by atoms with E-state index in [-0.39, 0.29) is 5.82 Å². The third-order valence-electron chi connectivity index (χ3n) is 3.00. The van der Waals surface area contributed by atoms with E-state index in [1.54, 1.807) is 6.07 Å². The summed E-state index contributed by atoms with van der Waals surface area (Å²) in [6, 6.07) is 6.88. The molecule has 0 saturated carbocycles. The molecule has 1 heterocycles. The van der Waals surface area contributed by atoms with Crippen LogP contribution in [0.2, 0.25) is 0 Å². The van der Waals surface area contributed by atoms with Gasteiger partial charge in [-0.2, -0.15) is 0 Å². The van der Waals surface area contributed by atoms with Crippen molar-refractivity contribution in [1.29, 1.82) is 0 Å². The molecule has 0 spiro atoms. The number of aromatic nitrogens is 1. The molecule has 4 heteroatoms. The lowest BCUT2D eigenvalue weighted by atomic mass is 10.2. The SMILES string of the molecule is CN(C)CCNCCn1ccc2cc(F)ccc21. The highest BCUT2D eigenvalue weighted by atomic mass is 19.1. The number of hydrogen-bond donors (Lipinski definition) is 1. The van der Waals surface area contributed by atoms with Crippen LogP contribution in [0.4, 0.5) is 4.39 Å². The van der Waals surface area contributed by atoms with Crippen LogP contribution in [0, 0.1) is 5.82 Å². The molecule has 18 heavy (non-hydrogen) atoms. The van der Waals surface area contributed by atoms with Crippen LogP contribution in [0.15, 0.2) is 30.5 Å². The zero-order valence-corrected chi connectivity index (χ0v) is 11.0. The van der Waals surface area contributed by atoms with Crippen LogP contribution in [0.1, 0.15) is 0 Å². The van der Waals surface area contributed by atoms with Gasteiger partial charge in [0.15, 0.2) is 0 Å². The lowest BCUT2D eigenvalue weighted by molar-refractivity contribution is 0.398. The molecule has 3 nitrogen and oxygen atoms in total. The normalized spacial score (nSPS) is 11.6. The van der Waals surface area contributed by atoms with Crippen LogP contribution in [0.25, 0.3) is 10.9 Å². The van der Waals surface area contributed by atoms with E-state index in [0.717, 1.165) is 37.1 Å². The smallest absolute Gasteiger partial charge is 0.123 e. The Morgan fingerprint density at radius 1 is 1.22 bits per heavy atom. The van der Waals surface area contributed by atoms with Gasteiger partial charge in [-0.3, -0.25) is 0 Å². The minimum absolute atomic E-state index is 0.177. The first-order valence-corrected chi connectivity index (χ1v) is 6.26. The number of benzene rings is 1. The van der Waals surface area contributed by atoms with E-state index in [1.165, 1.54) is 6.07 Å². The van der Waals surface area contributed by atoms with Crippen LogP contribution in [0.3, 0.4) is 0 Å². The van der Waals surface area contributed by atoms with E-state index in [0.29, 0.717) is 0 Å². The molecule has 1 N–H and O–H groups in total. The van der Waals surface area contributed by atoms with E-state index >= 15 is 0 Å². The largest absolute Gasteiger partial charge is 0.346 e. The van der Waals surface area contributed by atoms with Gasteiger partial charge >= 0.3 is 0 Å². The maximum Gasteiger partial charge on any atom is 0.123 e. The Hall–Kier alpha value is -1.39. The monoisotopic (exact) mass is 249 g/mol. The van der Waals surface area contributed by atoms with Gasteiger partial charge in [0.05, 0.1) is 0 Å². The maximum atomic E-state index is 13.0. The van der Waals surface area contributed by atoms with E-state index in [9.17, 15) is 4.39 Å². The minimum Gasteiger partial charge on any atom is -0.346 e. The van der Waals surface area contributed by atoms with E-state index < -0.39 is 0 Å². The fourth-order valence-electron chi connectivity index (χ4n) is 1.99. The van der Waals surface area contributed by atoms with Gasteiger partial charge in [0, 0.05) is 43.3 Å². The van der Waals surface area contributed by atoms with Crippen LogP contribution in [-0.4, -0.2) is 43.2 Å². The lowest BCUT2D eigenvalue weighted by Gasteiger charge is -2.11. The number of fused-ring (bicyclic) bond motifs is 1. The van der Waals surface area contributed by atoms with E-state index in [2.05, 4.69) is 28.9 Å². The van der Waals surface area contributed by atoms with Crippen molar-refractivity contribution < 1.29 is 4.39 Å². The van der Waals surface area contributed by atoms with E-state index in [4.69, 9.17) is 0 Å². The zero-order chi connectivity index (χ0) is 13.0. The highest BCUT2D eigenvalue weighted by Crippen LogP contribution is 2.16. The van der Waals surface area contributed by atoms with E-state index in [1.807, 2.05) is 18.3 Å². The number of rotatable bonds is 6. The van der Waals surface area contributed by atoms with Gasteiger partial charge in [-0.05, 0) is 38.4 Å². The van der Waals surface area contributed by atoms with Gasteiger partial charge < -0.3 is 14.8 Å². The summed E-state index contributed by atoms with van der Waals surface area (Å²) in [6.45, 7) is 3.86. The van der Waals surface area contributed by atoms with Gasteiger partial charge in [-0.15, -0.1) is 0 Å². The fraction of sp³-hybridized carbons (Fsp3) is 0.429. The summed E-state index contributed by atoms with van der Waals surface area (Å²) in [5, 5.41) is 4.36. The second-order valence-corrected chi connectivity index (χ2v) is 4.77. The molecule has 0 radical (unpaired) electrons. The lowest BCUT2D eigenvalue weighted by Crippen LogP contribution is -2.28. The summed E-state index contributed by atoms with van der Waals surface area (Å²) < 4.78 is 15.2. The fourth-order valence-corrected chi connectivity index (χ4v) is 1.99. The third kappa shape index (κ3) is 3.31. The second-order valence-electron chi connectivity index (χ2n) is 4.77. The van der Waals surface area contributed by atoms with Crippen LogP contribution in [0.5, 0.6) is 0 Å². The molecule has 0 aliphatic carbocycles. The highest BCUT2D eigenvalue weighted by molar-refractivity contribution is 5.80. The van der Waals surface area contributed by atoms with Crippen LogP contribution in [-0.2, 0) is 6.54 Å². The van der Waals surface area contributed by atoms with Gasteiger partial charge in [0.1, 0.15) is 5.82 Å².